The van der Waals surface area contributed by atoms with Crippen LogP contribution in [0.1, 0.15) is 5.56 Å². The summed E-state index contributed by atoms with van der Waals surface area (Å²) >= 11 is 1.71. The maximum absolute atomic E-state index is 5.24. The highest BCUT2D eigenvalue weighted by atomic mass is 32.1. The first kappa shape index (κ1) is 12.0. The second-order valence-corrected chi connectivity index (χ2v) is 5.01. The Hall–Kier alpha value is -2.07. The zero-order valence-electron chi connectivity index (χ0n) is 10.6. The van der Waals surface area contributed by atoms with Gasteiger partial charge in [0.05, 0.1) is 7.11 Å². The molecule has 0 radical (unpaired) electrons. The standard InChI is InChI=1S/C15H14N2OS/c1-18-13-2-3-14-12(8-13)4-6-16-15(14)17-9-11-5-7-19-10-11/h2-8,10H,9H2,1H3,(H,16,17). The first-order chi connectivity index (χ1) is 9.36. The minimum atomic E-state index is 0.793. The molecule has 0 fully saturated rings. The van der Waals surface area contributed by atoms with E-state index in [1.807, 2.05) is 30.5 Å². The molecule has 0 aliphatic heterocycles. The predicted molar refractivity (Wildman–Crippen MR) is 79.9 cm³/mol. The molecule has 19 heavy (non-hydrogen) atoms. The molecule has 0 saturated carbocycles. The van der Waals surface area contributed by atoms with E-state index in [0.717, 1.165) is 28.9 Å². The van der Waals surface area contributed by atoms with Crippen molar-refractivity contribution >= 4 is 27.9 Å². The fourth-order valence-electron chi connectivity index (χ4n) is 2.00. The summed E-state index contributed by atoms with van der Waals surface area (Å²) in [7, 11) is 1.68. The molecule has 0 bridgehead atoms. The number of methoxy groups -OCH3 is 1. The number of hydrogen-bond acceptors (Lipinski definition) is 4. The first-order valence-corrected chi connectivity index (χ1v) is 6.99. The molecular weight excluding hydrogens is 256 g/mol. The van der Waals surface area contributed by atoms with Crippen molar-refractivity contribution in [2.24, 2.45) is 0 Å². The van der Waals surface area contributed by atoms with Crippen LogP contribution in [-0.4, -0.2) is 12.1 Å². The van der Waals surface area contributed by atoms with Crippen LogP contribution < -0.4 is 10.1 Å². The third kappa shape index (κ3) is 2.53. The van der Waals surface area contributed by atoms with Gasteiger partial charge in [-0.15, -0.1) is 0 Å². The van der Waals surface area contributed by atoms with Crippen molar-refractivity contribution in [1.29, 1.82) is 0 Å². The van der Waals surface area contributed by atoms with Crippen molar-refractivity contribution in [1.82, 2.24) is 4.98 Å². The molecule has 0 spiro atoms. The number of benzene rings is 1. The summed E-state index contributed by atoms with van der Waals surface area (Å²) in [5, 5.41) is 9.84. The van der Waals surface area contributed by atoms with E-state index < -0.39 is 0 Å². The van der Waals surface area contributed by atoms with Crippen molar-refractivity contribution in [3.63, 3.8) is 0 Å². The van der Waals surface area contributed by atoms with Gasteiger partial charge in [-0.3, -0.25) is 0 Å². The van der Waals surface area contributed by atoms with Crippen LogP contribution >= 0.6 is 11.3 Å². The van der Waals surface area contributed by atoms with Gasteiger partial charge < -0.3 is 10.1 Å². The first-order valence-electron chi connectivity index (χ1n) is 6.04. The van der Waals surface area contributed by atoms with Crippen molar-refractivity contribution in [2.75, 3.05) is 12.4 Å². The van der Waals surface area contributed by atoms with Crippen LogP contribution in [0.2, 0.25) is 0 Å². The molecule has 0 saturated heterocycles. The predicted octanol–water partition coefficient (Wildman–Crippen LogP) is 3.92. The molecule has 0 amide bonds. The minimum Gasteiger partial charge on any atom is -0.497 e. The number of rotatable bonds is 4. The van der Waals surface area contributed by atoms with E-state index in [1.54, 1.807) is 18.4 Å². The molecule has 0 aliphatic carbocycles. The van der Waals surface area contributed by atoms with E-state index in [9.17, 15) is 0 Å². The number of anilines is 1. The van der Waals surface area contributed by atoms with Gasteiger partial charge in [0.2, 0.25) is 0 Å². The SMILES string of the molecule is COc1ccc2c(NCc3ccsc3)nccc2c1. The van der Waals surface area contributed by atoms with Gasteiger partial charge in [-0.05, 0) is 52.0 Å². The zero-order chi connectivity index (χ0) is 13.1. The molecule has 1 aromatic carbocycles. The minimum absolute atomic E-state index is 0.793. The normalized spacial score (nSPS) is 10.6. The zero-order valence-corrected chi connectivity index (χ0v) is 11.4. The van der Waals surface area contributed by atoms with Crippen LogP contribution in [0.4, 0.5) is 5.82 Å². The third-order valence-electron chi connectivity index (χ3n) is 3.01. The van der Waals surface area contributed by atoms with Crippen molar-refractivity contribution in [2.45, 2.75) is 6.54 Å². The average molecular weight is 270 g/mol. The molecule has 0 aliphatic rings. The van der Waals surface area contributed by atoms with Gasteiger partial charge in [0, 0.05) is 18.1 Å². The van der Waals surface area contributed by atoms with Crippen LogP contribution in [0.15, 0.2) is 47.3 Å². The van der Waals surface area contributed by atoms with Gasteiger partial charge in [-0.1, -0.05) is 0 Å². The Morgan fingerprint density at radius 2 is 2.21 bits per heavy atom. The van der Waals surface area contributed by atoms with Crippen LogP contribution in [0, 0.1) is 0 Å². The van der Waals surface area contributed by atoms with Gasteiger partial charge >= 0.3 is 0 Å². The topological polar surface area (TPSA) is 34.1 Å². The van der Waals surface area contributed by atoms with Crippen molar-refractivity contribution in [3.8, 4) is 5.75 Å². The third-order valence-corrected chi connectivity index (χ3v) is 3.74. The number of ether oxygens (including phenoxy) is 1. The van der Waals surface area contributed by atoms with Crippen molar-refractivity contribution < 1.29 is 4.74 Å². The van der Waals surface area contributed by atoms with E-state index in [0.29, 0.717) is 0 Å². The molecule has 3 aromatic rings. The monoisotopic (exact) mass is 270 g/mol. The van der Waals surface area contributed by atoms with E-state index in [1.165, 1.54) is 5.56 Å². The fourth-order valence-corrected chi connectivity index (χ4v) is 2.67. The summed E-state index contributed by atoms with van der Waals surface area (Å²) in [4.78, 5) is 4.41. The van der Waals surface area contributed by atoms with Crippen LogP contribution in [0.5, 0.6) is 5.75 Å². The molecule has 0 unspecified atom stereocenters. The maximum atomic E-state index is 5.24. The molecular formula is C15H14N2OS. The number of nitrogens with zero attached hydrogens (tertiary/aromatic N) is 1. The van der Waals surface area contributed by atoms with Crippen molar-refractivity contribution in [3.05, 3.63) is 52.9 Å². The van der Waals surface area contributed by atoms with Gasteiger partial charge in [0.15, 0.2) is 0 Å². The Balaban J connectivity index is 1.90. The van der Waals surface area contributed by atoms with E-state index >= 15 is 0 Å². The fraction of sp³-hybridized carbons (Fsp3) is 0.133. The van der Waals surface area contributed by atoms with E-state index in [-0.39, 0.29) is 0 Å². The Labute approximate surface area is 115 Å². The second-order valence-electron chi connectivity index (χ2n) is 4.23. The highest BCUT2D eigenvalue weighted by Gasteiger charge is 2.03. The van der Waals surface area contributed by atoms with Gasteiger partial charge in [0.25, 0.3) is 0 Å². The molecule has 4 heteroatoms. The lowest BCUT2D eigenvalue weighted by Crippen LogP contribution is -2.00. The number of aromatic nitrogens is 1. The number of fused-ring (bicyclic) bond motifs is 1. The lowest BCUT2D eigenvalue weighted by Gasteiger charge is -2.09. The summed E-state index contributed by atoms with van der Waals surface area (Å²) in [5.74, 6) is 1.77. The lowest BCUT2D eigenvalue weighted by molar-refractivity contribution is 0.415. The molecule has 3 nitrogen and oxygen atoms in total. The molecule has 0 atom stereocenters. The van der Waals surface area contributed by atoms with Crippen LogP contribution in [0.3, 0.4) is 0 Å². The molecule has 1 N–H and O–H groups in total. The summed E-state index contributed by atoms with van der Waals surface area (Å²) in [5.41, 5.74) is 1.28. The Morgan fingerprint density at radius 1 is 1.26 bits per heavy atom. The highest BCUT2D eigenvalue weighted by Crippen LogP contribution is 2.25. The largest absolute Gasteiger partial charge is 0.497 e. The van der Waals surface area contributed by atoms with Gasteiger partial charge in [0.1, 0.15) is 11.6 Å². The number of thiophene rings is 1. The van der Waals surface area contributed by atoms with Gasteiger partial charge in [-0.25, -0.2) is 4.98 Å². The maximum Gasteiger partial charge on any atom is 0.134 e. The summed E-state index contributed by atoms with van der Waals surface area (Å²) < 4.78 is 5.24. The summed E-state index contributed by atoms with van der Waals surface area (Å²) in [6, 6.07) is 10.1. The smallest absolute Gasteiger partial charge is 0.134 e. The summed E-state index contributed by atoms with van der Waals surface area (Å²) in [6.07, 6.45) is 1.82. The number of pyridine rings is 1. The summed E-state index contributed by atoms with van der Waals surface area (Å²) in [6.45, 7) is 0.793. The molecule has 2 aromatic heterocycles. The number of nitrogens with one attached hydrogen (secondary N) is 1. The quantitative estimate of drug-likeness (QED) is 0.780. The highest BCUT2D eigenvalue weighted by molar-refractivity contribution is 7.07. The van der Waals surface area contributed by atoms with E-state index in [2.05, 4.69) is 27.1 Å². The Morgan fingerprint density at radius 3 is 3.00 bits per heavy atom. The lowest BCUT2D eigenvalue weighted by atomic mass is 10.1. The van der Waals surface area contributed by atoms with Crippen LogP contribution in [0.25, 0.3) is 10.8 Å². The van der Waals surface area contributed by atoms with Gasteiger partial charge in [-0.2, -0.15) is 11.3 Å². The average Bonchev–Trinajstić information content (AvgIpc) is 2.97. The molecule has 3 rings (SSSR count). The Bertz CT molecular complexity index is 680. The van der Waals surface area contributed by atoms with E-state index in [4.69, 9.17) is 4.74 Å². The molecule has 96 valence electrons. The second kappa shape index (κ2) is 5.28. The molecule has 2 heterocycles. The number of hydrogen-bond donors (Lipinski definition) is 1. The Kier molecular flexibility index (Phi) is 3.33. The van der Waals surface area contributed by atoms with Crippen LogP contribution in [-0.2, 0) is 6.54 Å².